The number of pyridine rings is 1. The summed E-state index contributed by atoms with van der Waals surface area (Å²) >= 11 is 3.42. The van der Waals surface area contributed by atoms with Crippen LogP contribution in [0.5, 0.6) is 0 Å². The first kappa shape index (κ1) is 15.7. The predicted octanol–water partition coefficient (Wildman–Crippen LogP) is 3.52. The third kappa shape index (κ3) is 4.37. The van der Waals surface area contributed by atoms with Crippen molar-refractivity contribution in [2.75, 3.05) is 5.32 Å². The number of hydrogen-bond donors (Lipinski definition) is 2. The fourth-order valence-corrected chi connectivity index (χ4v) is 2.39. The lowest BCUT2D eigenvalue weighted by atomic mass is 10.1. The Hall–Kier alpha value is -1.72. The molecule has 1 aromatic heterocycles. The van der Waals surface area contributed by atoms with Crippen LogP contribution < -0.4 is 10.6 Å². The molecular formula is C16H18BrN3O. The molecule has 0 aliphatic rings. The second kappa shape index (κ2) is 7.33. The minimum absolute atomic E-state index is 0.0668. The molecule has 110 valence electrons. The summed E-state index contributed by atoms with van der Waals surface area (Å²) in [6.45, 7) is 3.88. The molecule has 0 bridgehead atoms. The Labute approximate surface area is 133 Å². The average Bonchev–Trinajstić information content (AvgIpc) is 2.50. The molecule has 5 heteroatoms. The molecule has 2 N–H and O–H groups in total. The van der Waals surface area contributed by atoms with Crippen LogP contribution in [0.4, 0.5) is 5.69 Å². The van der Waals surface area contributed by atoms with E-state index in [1.165, 1.54) is 0 Å². The van der Waals surface area contributed by atoms with Crippen LogP contribution in [-0.2, 0) is 4.79 Å². The Balaban J connectivity index is 1.95. The second-order valence-corrected chi connectivity index (χ2v) is 5.71. The third-order valence-electron chi connectivity index (χ3n) is 3.23. The topological polar surface area (TPSA) is 54.0 Å². The summed E-state index contributed by atoms with van der Waals surface area (Å²) in [6.07, 6.45) is 3.50. The maximum Gasteiger partial charge on any atom is 0.241 e. The molecule has 0 saturated carbocycles. The summed E-state index contributed by atoms with van der Waals surface area (Å²) < 4.78 is 0.868. The van der Waals surface area contributed by atoms with Gasteiger partial charge in [0.05, 0.1) is 11.7 Å². The Morgan fingerprint density at radius 3 is 2.48 bits per heavy atom. The number of aromatic nitrogens is 1. The number of carbonyl (C=O) groups is 1. The van der Waals surface area contributed by atoms with Crippen LogP contribution in [0.2, 0.25) is 0 Å². The summed E-state index contributed by atoms with van der Waals surface area (Å²) in [5.74, 6) is -0.0668. The van der Waals surface area contributed by atoms with E-state index in [4.69, 9.17) is 0 Å². The summed E-state index contributed by atoms with van der Waals surface area (Å²) in [6, 6.07) is 11.2. The van der Waals surface area contributed by atoms with E-state index in [0.717, 1.165) is 15.7 Å². The smallest absolute Gasteiger partial charge is 0.241 e. The Morgan fingerprint density at radius 2 is 1.81 bits per heavy atom. The van der Waals surface area contributed by atoms with Gasteiger partial charge in [0.2, 0.25) is 5.91 Å². The quantitative estimate of drug-likeness (QED) is 0.869. The van der Waals surface area contributed by atoms with E-state index < -0.39 is 0 Å². The van der Waals surface area contributed by atoms with Gasteiger partial charge in [-0.3, -0.25) is 15.1 Å². The van der Waals surface area contributed by atoms with Gasteiger partial charge in [-0.15, -0.1) is 0 Å². The SMILES string of the molecule is C[C@@H](N[C@H](C)c1ccncc1)C(=O)Nc1ccccc1Br. The van der Waals surface area contributed by atoms with Crippen LogP contribution in [0.1, 0.15) is 25.5 Å². The maximum absolute atomic E-state index is 12.2. The first-order valence-electron chi connectivity index (χ1n) is 6.79. The molecule has 0 aliphatic heterocycles. The van der Waals surface area contributed by atoms with Gasteiger partial charge in [-0.1, -0.05) is 12.1 Å². The molecule has 1 amide bonds. The molecule has 2 rings (SSSR count). The van der Waals surface area contributed by atoms with Crippen molar-refractivity contribution in [1.82, 2.24) is 10.3 Å². The van der Waals surface area contributed by atoms with Crippen LogP contribution in [0.25, 0.3) is 0 Å². The Morgan fingerprint density at radius 1 is 1.14 bits per heavy atom. The molecule has 0 spiro atoms. The Bertz CT molecular complexity index is 603. The number of nitrogens with one attached hydrogen (secondary N) is 2. The molecule has 0 aliphatic carbocycles. The Kier molecular flexibility index (Phi) is 5.47. The average molecular weight is 348 g/mol. The van der Waals surface area contributed by atoms with Gasteiger partial charge in [0.1, 0.15) is 0 Å². The summed E-state index contributed by atoms with van der Waals surface area (Å²) in [5.41, 5.74) is 1.87. The van der Waals surface area contributed by atoms with E-state index in [2.05, 4.69) is 31.5 Å². The molecule has 0 unspecified atom stereocenters. The number of hydrogen-bond acceptors (Lipinski definition) is 3. The molecule has 2 aromatic rings. The minimum Gasteiger partial charge on any atom is -0.324 e. The lowest BCUT2D eigenvalue weighted by Crippen LogP contribution is -2.39. The molecular weight excluding hydrogens is 330 g/mol. The molecule has 1 aromatic carbocycles. The summed E-state index contributed by atoms with van der Waals surface area (Å²) in [4.78, 5) is 16.2. The van der Waals surface area contributed by atoms with Crippen LogP contribution in [-0.4, -0.2) is 16.9 Å². The summed E-state index contributed by atoms with van der Waals surface area (Å²) in [7, 11) is 0. The normalized spacial score (nSPS) is 13.5. The number of carbonyl (C=O) groups excluding carboxylic acids is 1. The number of amides is 1. The molecule has 0 radical (unpaired) electrons. The van der Waals surface area contributed by atoms with Crippen molar-refractivity contribution in [1.29, 1.82) is 0 Å². The number of benzene rings is 1. The highest BCUT2D eigenvalue weighted by atomic mass is 79.9. The second-order valence-electron chi connectivity index (χ2n) is 4.86. The van der Waals surface area contributed by atoms with Crippen LogP contribution >= 0.6 is 15.9 Å². The molecule has 0 saturated heterocycles. The van der Waals surface area contributed by atoms with Gasteiger partial charge in [-0.2, -0.15) is 0 Å². The van der Waals surface area contributed by atoms with Crippen molar-refractivity contribution < 1.29 is 4.79 Å². The van der Waals surface area contributed by atoms with E-state index in [1.807, 2.05) is 50.2 Å². The molecule has 2 atom stereocenters. The van der Waals surface area contributed by atoms with Crippen molar-refractivity contribution in [3.8, 4) is 0 Å². The number of anilines is 1. The van der Waals surface area contributed by atoms with Crippen LogP contribution in [0.3, 0.4) is 0 Å². The van der Waals surface area contributed by atoms with E-state index in [0.29, 0.717) is 0 Å². The fourth-order valence-electron chi connectivity index (χ4n) is 2.00. The van der Waals surface area contributed by atoms with Gasteiger partial charge in [-0.05, 0) is 59.6 Å². The number of nitrogens with zero attached hydrogens (tertiary/aromatic N) is 1. The molecule has 1 heterocycles. The highest BCUT2D eigenvalue weighted by Gasteiger charge is 2.16. The molecule has 21 heavy (non-hydrogen) atoms. The van der Waals surface area contributed by atoms with Crippen molar-refractivity contribution in [2.24, 2.45) is 0 Å². The van der Waals surface area contributed by atoms with Gasteiger partial charge in [-0.25, -0.2) is 0 Å². The fraction of sp³-hybridized carbons (Fsp3) is 0.250. The van der Waals surface area contributed by atoms with Gasteiger partial charge in [0, 0.05) is 22.9 Å². The highest BCUT2D eigenvalue weighted by molar-refractivity contribution is 9.10. The van der Waals surface area contributed by atoms with E-state index >= 15 is 0 Å². The zero-order valence-electron chi connectivity index (χ0n) is 12.0. The van der Waals surface area contributed by atoms with Crippen LogP contribution in [0.15, 0.2) is 53.3 Å². The largest absolute Gasteiger partial charge is 0.324 e. The van der Waals surface area contributed by atoms with Gasteiger partial charge in [0.15, 0.2) is 0 Å². The van der Waals surface area contributed by atoms with Gasteiger partial charge < -0.3 is 5.32 Å². The summed E-state index contributed by atoms with van der Waals surface area (Å²) in [5, 5.41) is 6.19. The first-order chi connectivity index (χ1) is 10.1. The predicted molar refractivity (Wildman–Crippen MR) is 88.0 cm³/mol. The van der Waals surface area contributed by atoms with Crippen LogP contribution in [0, 0.1) is 0 Å². The van der Waals surface area contributed by atoms with E-state index in [-0.39, 0.29) is 18.0 Å². The standard InChI is InChI=1S/C16H18BrN3O/c1-11(13-7-9-18-10-8-13)19-12(2)16(21)20-15-6-4-3-5-14(15)17/h3-12,19H,1-2H3,(H,20,21)/t11-,12-/m1/s1. The third-order valence-corrected chi connectivity index (χ3v) is 3.92. The number of rotatable bonds is 5. The number of para-hydroxylation sites is 1. The van der Waals surface area contributed by atoms with E-state index in [1.54, 1.807) is 12.4 Å². The highest BCUT2D eigenvalue weighted by Crippen LogP contribution is 2.21. The first-order valence-corrected chi connectivity index (χ1v) is 7.58. The zero-order chi connectivity index (χ0) is 15.2. The van der Waals surface area contributed by atoms with Crippen molar-refractivity contribution in [3.63, 3.8) is 0 Å². The lowest BCUT2D eigenvalue weighted by molar-refractivity contribution is -0.117. The van der Waals surface area contributed by atoms with E-state index in [9.17, 15) is 4.79 Å². The number of halogens is 1. The molecule has 0 fully saturated rings. The lowest BCUT2D eigenvalue weighted by Gasteiger charge is -2.20. The van der Waals surface area contributed by atoms with Crippen molar-refractivity contribution >= 4 is 27.5 Å². The van der Waals surface area contributed by atoms with Gasteiger partial charge >= 0.3 is 0 Å². The minimum atomic E-state index is -0.305. The van der Waals surface area contributed by atoms with Gasteiger partial charge in [0.25, 0.3) is 0 Å². The molecule has 4 nitrogen and oxygen atoms in total. The maximum atomic E-state index is 12.2. The zero-order valence-corrected chi connectivity index (χ0v) is 13.6. The van der Waals surface area contributed by atoms with Crippen molar-refractivity contribution in [2.45, 2.75) is 25.9 Å². The van der Waals surface area contributed by atoms with Crippen molar-refractivity contribution in [3.05, 3.63) is 58.8 Å². The monoisotopic (exact) mass is 347 g/mol.